The van der Waals surface area contributed by atoms with Crippen molar-refractivity contribution in [3.05, 3.63) is 138 Å². The third-order valence-electron chi connectivity index (χ3n) is 7.63. The summed E-state index contributed by atoms with van der Waals surface area (Å²) in [6, 6.07) is 34.7. The molecule has 5 rings (SSSR count). The summed E-state index contributed by atoms with van der Waals surface area (Å²) in [5.41, 5.74) is 4.42. The van der Waals surface area contributed by atoms with Crippen LogP contribution < -0.4 is 14.2 Å². The molecule has 0 bridgehead atoms. The first kappa shape index (κ1) is 35.3. The number of aryl methyl sites for hydroxylation is 1. The molecule has 0 spiro atoms. The fraction of sp³-hybridized carbons (Fsp3) is 0.220. The summed E-state index contributed by atoms with van der Waals surface area (Å²) in [7, 11) is 0. The third-order valence-corrected chi connectivity index (χ3v) is 7.63. The number of nitrogens with zero attached hydrogens (tertiary/aromatic N) is 4. The number of unbranched alkanes of at least 4 members (excludes halogenated alkanes) is 5. The molecule has 0 aromatic heterocycles. The summed E-state index contributed by atoms with van der Waals surface area (Å²) >= 11 is 0. The lowest BCUT2D eigenvalue weighted by molar-refractivity contribution is 0.0733. The van der Waals surface area contributed by atoms with Crippen LogP contribution >= 0.6 is 0 Å². The number of ether oxygens (including phenoxy) is 3. The molecule has 254 valence electrons. The van der Waals surface area contributed by atoms with Crippen LogP contribution in [0.1, 0.15) is 71.7 Å². The van der Waals surface area contributed by atoms with Crippen LogP contribution in [-0.2, 0) is 0 Å². The van der Waals surface area contributed by atoms with Crippen LogP contribution in [0.25, 0.3) is 0 Å². The Labute approximate surface area is 292 Å². The van der Waals surface area contributed by atoms with Crippen molar-refractivity contribution in [2.75, 3.05) is 6.61 Å². The molecule has 50 heavy (non-hydrogen) atoms. The van der Waals surface area contributed by atoms with Crippen molar-refractivity contribution in [1.29, 1.82) is 0 Å². The number of esters is 2. The highest BCUT2D eigenvalue weighted by Gasteiger charge is 2.12. The van der Waals surface area contributed by atoms with E-state index in [0.717, 1.165) is 23.4 Å². The average Bonchev–Trinajstić information content (AvgIpc) is 3.14. The zero-order valence-corrected chi connectivity index (χ0v) is 28.3. The summed E-state index contributed by atoms with van der Waals surface area (Å²) in [5, 5.41) is 17.0. The molecule has 0 aliphatic rings. The van der Waals surface area contributed by atoms with Crippen LogP contribution in [0.15, 0.2) is 142 Å². The Hall–Kier alpha value is -5.96. The Morgan fingerprint density at radius 1 is 0.500 bits per heavy atom. The van der Waals surface area contributed by atoms with E-state index in [1.807, 2.05) is 55.5 Å². The molecule has 5 aromatic rings. The Bertz CT molecular complexity index is 1890. The zero-order valence-electron chi connectivity index (χ0n) is 28.3. The molecule has 0 unspecified atom stereocenters. The number of hydrogen-bond donors (Lipinski definition) is 0. The van der Waals surface area contributed by atoms with Gasteiger partial charge in [0.2, 0.25) is 0 Å². The fourth-order valence-electron chi connectivity index (χ4n) is 4.79. The average molecular weight is 669 g/mol. The molecular formula is C41H40N4O5. The molecule has 0 atom stereocenters. The summed E-state index contributed by atoms with van der Waals surface area (Å²) in [6.07, 6.45) is 7.35. The largest absolute Gasteiger partial charge is 0.494 e. The van der Waals surface area contributed by atoms with Gasteiger partial charge in [0.05, 0.1) is 40.5 Å². The van der Waals surface area contributed by atoms with Crippen LogP contribution in [0.2, 0.25) is 0 Å². The van der Waals surface area contributed by atoms with Gasteiger partial charge in [-0.2, -0.15) is 20.5 Å². The van der Waals surface area contributed by atoms with Crippen molar-refractivity contribution >= 4 is 34.7 Å². The van der Waals surface area contributed by atoms with E-state index >= 15 is 0 Å². The summed E-state index contributed by atoms with van der Waals surface area (Å²) in [6.45, 7) is 4.94. The van der Waals surface area contributed by atoms with Gasteiger partial charge in [0.25, 0.3) is 0 Å². The highest BCUT2D eigenvalue weighted by molar-refractivity contribution is 5.92. The molecule has 0 aliphatic heterocycles. The quantitative estimate of drug-likeness (QED) is 0.0449. The highest BCUT2D eigenvalue weighted by atomic mass is 16.5. The van der Waals surface area contributed by atoms with Gasteiger partial charge in [0.1, 0.15) is 17.2 Å². The minimum Gasteiger partial charge on any atom is -0.494 e. The smallest absolute Gasteiger partial charge is 0.343 e. The van der Waals surface area contributed by atoms with Gasteiger partial charge >= 0.3 is 11.9 Å². The Balaban J connectivity index is 1.08. The van der Waals surface area contributed by atoms with Crippen LogP contribution in [0.5, 0.6) is 17.2 Å². The van der Waals surface area contributed by atoms with E-state index in [1.54, 1.807) is 66.7 Å². The van der Waals surface area contributed by atoms with Gasteiger partial charge in [-0.1, -0.05) is 62.8 Å². The minimum absolute atomic E-state index is 0.232. The minimum atomic E-state index is -0.566. The summed E-state index contributed by atoms with van der Waals surface area (Å²) in [5.74, 6) is 0.150. The van der Waals surface area contributed by atoms with E-state index in [4.69, 9.17) is 14.2 Å². The van der Waals surface area contributed by atoms with E-state index in [0.29, 0.717) is 34.8 Å². The van der Waals surface area contributed by atoms with Crippen molar-refractivity contribution in [2.45, 2.75) is 52.4 Å². The number of rotatable bonds is 16. The predicted octanol–water partition coefficient (Wildman–Crippen LogP) is 12.0. The normalized spacial score (nSPS) is 11.2. The maximum Gasteiger partial charge on any atom is 0.343 e. The van der Waals surface area contributed by atoms with E-state index in [1.165, 1.54) is 38.2 Å². The van der Waals surface area contributed by atoms with Crippen LogP contribution in [0.4, 0.5) is 22.7 Å². The van der Waals surface area contributed by atoms with Crippen LogP contribution in [0.3, 0.4) is 0 Å². The molecule has 0 heterocycles. The van der Waals surface area contributed by atoms with Crippen molar-refractivity contribution in [3.63, 3.8) is 0 Å². The lowest BCUT2D eigenvalue weighted by Gasteiger charge is -2.08. The second kappa shape index (κ2) is 18.5. The second-order valence-electron chi connectivity index (χ2n) is 11.7. The van der Waals surface area contributed by atoms with Crippen LogP contribution in [-0.4, -0.2) is 18.5 Å². The predicted molar refractivity (Wildman–Crippen MR) is 194 cm³/mol. The van der Waals surface area contributed by atoms with Crippen molar-refractivity contribution < 1.29 is 23.8 Å². The fourth-order valence-corrected chi connectivity index (χ4v) is 4.79. The third kappa shape index (κ3) is 11.3. The van der Waals surface area contributed by atoms with E-state index in [9.17, 15) is 9.59 Å². The van der Waals surface area contributed by atoms with E-state index < -0.39 is 11.9 Å². The number of hydrogen-bond acceptors (Lipinski definition) is 9. The van der Waals surface area contributed by atoms with Crippen LogP contribution in [0, 0.1) is 6.92 Å². The highest BCUT2D eigenvalue weighted by Crippen LogP contribution is 2.25. The molecule has 0 saturated heterocycles. The summed E-state index contributed by atoms with van der Waals surface area (Å²) < 4.78 is 16.9. The standard InChI is InChI=1S/C41H40N4O5/c1-3-4-5-6-7-8-28-48-37-26-24-36(25-27-37)45-44-35-22-16-32(17-23-35)41(47)50-39-11-9-10-38(29-39)49-40(46)31-14-20-34(21-15-31)43-42-33-18-12-30(2)13-19-33/h9-27,29H,3-8,28H2,1-2H3. The molecule has 9 heteroatoms. The van der Waals surface area contributed by atoms with Gasteiger partial charge in [0.15, 0.2) is 0 Å². The number of benzene rings is 5. The lowest BCUT2D eigenvalue weighted by Crippen LogP contribution is -2.10. The van der Waals surface area contributed by atoms with Gasteiger partial charge in [-0.15, -0.1) is 0 Å². The first-order valence-electron chi connectivity index (χ1n) is 16.8. The monoisotopic (exact) mass is 668 g/mol. The first-order chi connectivity index (χ1) is 24.4. The van der Waals surface area contributed by atoms with Gasteiger partial charge in [-0.25, -0.2) is 9.59 Å². The van der Waals surface area contributed by atoms with E-state index in [-0.39, 0.29) is 11.5 Å². The first-order valence-corrected chi connectivity index (χ1v) is 16.8. The summed E-state index contributed by atoms with van der Waals surface area (Å²) in [4.78, 5) is 25.6. The van der Waals surface area contributed by atoms with Gasteiger partial charge < -0.3 is 14.2 Å². The van der Waals surface area contributed by atoms with Crippen molar-refractivity contribution in [2.24, 2.45) is 20.5 Å². The molecule has 0 N–H and O–H groups in total. The van der Waals surface area contributed by atoms with Crippen molar-refractivity contribution in [3.8, 4) is 17.2 Å². The maximum absolute atomic E-state index is 12.8. The molecule has 0 saturated carbocycles. The number of carbonyl (C=O) groups excluding carboxylic acids is 2. The Morgan fingerprint density at radius 3 is 1.40 bits per heavy atom. The maximum atomic E-state index is 12.8. The SMILES string of the molecule is CCCCCCCCOc1ccc(N=Nc2ccc(C(=O)Oc3cccc(OC(=O)c4ccc(N=Nc5ccc(C)cc5)cc4)c3)cc2)cc1. The Kier molecular flexibility index (Phi) is 13.1. The number of carbonyl (C=O) groups is 2. The van der Waals surface area contributed by atoms with Crippen molar-refractivity contribution in [1.82, 2.24) is 0 Å². The Morgan fingerprint density at radius 2 is 0.920 bits per heavy atom. The van der Waals surface area contributed by atoms with E-state index in [2.05, 4.69) is 27.4 Å². The van der Waals surface area contributed by atoms with Gasteiger partial charge in [-0.3, -0.25) is 0 Å². The zero-order chi connectivity index (χ0) is 35.0. The molecule has 0 radical (unpaired) electrons. The lowest BCUT2D eigenvalue weighted by atomic mass is 10.1. The topological polar surface area (TPSA) is 111 Å². The second-order valence-corrected chi connectivity index (χ2v) is 11.7. The molecule has 0 fully saturated rings. The molecule has 5 aromatic carbocycles. The molecule has 0 aliphatic carbocycles. The van der Waals surface area contributed by atoms with Gasteiger partial charge in [-0.05, 0) is 110 Å². The number of azo groups is 2. The molecule has 0 amide bonds. The van der Waals surface area contributed by atoms with Gasteiger partial charge in [0, 0.05) is 6.07 Å². The molecular weight excluding hydrogens is 628 g/mol. The molecule has 9 nitrogen and oxygen atoms in total.